The molecule has 94 valence electrons. The van der Waals surface area contributed by atoms with Gasteiger partial charge in [-0.25, -0.2) is 4.39 Å². The fourth-order valence-corrected chi connectivity index (χ4v) is 2.59. The molecule has 2 aromatic rings. The van der Waals surface area contributed by atoms with Crippen LogP contribution in [0, 0.1) is 5.82 Å². The minimum absolute atomic E-state index is 0.133. The van der Waals surface area contributed by atoms with E-state index < -0.39 is 0 Å². The Morgan fingerprint density at radius 2 is 1.83 bits per heavy atom. The molecule has 1 atom stereocenters. The zero-order valence-electron chi connectivity index (χ0n) is 10.2. The van der Waals surface area contributed by atoms with E-state index in [9.17, 15) is 4.39 Å². The Morgan fingerprint density at radius 3 is 2.44 bits per heavy atom. The SMILES string of the molecule is CCNC(c1ccccc1)c1c(F)cccc1Br. The number of nitrogens with one attached hydrogen (secondary N) is 1. The van der Waals surface area contributed by atoms with Crippen molar-refractivity contribution >= 4 is 15.9 Å². The first-order valence-electron chi connectivity index (χ1n) is 5.96. The van der Waals surface area contributed by atoms with E-state index in [2.05, 4.69) is 21.2 Å². The summed E-state index contributed by atoms with van der Waals surface area (Å²) >= 11 is 3.44. The molecule has 1 unspecified atom stereocenters. The Kier molecular flexibility index (Phi) is 4.50. The molecule has 1 nitrogen and oxygen atoms in total. The Hall–Kier alpha value is -1.19. The van der Waals surface area contributed by atoms with Crippen molar-refractivity contribution in [3.05, 3.63) is 69.9 Å². The first-order valence-corrected chi connectivity index (χ1v) is 6.75. The number of halogens is 2. The highest BCUT2D eigenvalue weighted by Crippen LogP contribution is 2.30. The average Bonchev–Trinajstić information content (AvgIpc) is 2.38. The molecule has 0 radical (unpaired) electrons. The van der Waals surface area contributed by atoms with Crippen LogP contribution >= 0.6 is 15.9 Å². The van der Waals surface area contributed by atoms with Gasteiger partial charge in [0.1, 0.15) is 5.82 Å². The predicted molar refractivity (Wildman–Crippen MR) is 76.1 cm³/mol. The monoisotopic (exact) mass is 307 g/mol. The maximum absolute atomic E-state index is 14.0. The van der Waals surface area contributed by atoms with Gasteiger partial charge in [-0.05, 0) is 24.2 Å². The molecule has 0 saturated heterocycles. The summed E-state index contributed by atoms with van der Waals surface area (Å²) < 4.78 is 14.8. The molecule has 2 rings (SSSR count). The summed E-state index contributed by atoms with van der Waals surface area (Å²) in [7, 11) is 0. The molecule has 0 aromatic heterocycles. The Balaban J connectivity index is 2.48. The van der Waals surface area contributed by atoms with Gasteiger partial charge in [-0.1, -0.05) is 59.3 Å². The molecule has 0 amide bonds. The van der Waals surface area contributed by atoms with Gasteiger partial charge in [-0.2, -0.15) is 0 Å². The van der Waals surface area contributed by atoms with Crippen molar-refractivity contribution in [2.75, 3.05) is 6.54 Å². The van der Waals surface area contributed by atoms with E-state index in [1.807, 2.05) is 43.3 Å². The second kappa shape index (κ2) is 6.12. The van der Waals surface area contributed by atoms with E-state index in [0.29, 0.717) is 5.56 Å². The number of rotatable bonds is 4. The first kappa shape index (κ1) is 13.2. The third kappa shape index (κ3) is 2.79. The standard InChI is InChI=1S/C15H15BrFN/c1-2-18-15(11-7-4-3-5-8-11)14-12(16)9-6-10-13(14)17/h3-10,15,18H,2H2,1H3. The largest absolute Gasteiger partial charge is 0.306 e. The van der Waals surface area contributed by atoms with Crippen molar-refractivity contribution in [2.45, 2.75) is 13.0 Å². The van der Waals surface area contributed by atoms with Crippen LogP contribution in [-0.2, 0) is 0 Å². The van der Waals surface area contributed by atoms with Crippen LogP contribution in [0.2, 0.25) is 0 Å². The van der Waals surface area contributed by atoms with Gasteiger partial charge in [0.05, 0.1) is 6.04 Å². The van der Waals surface area contributed by atoms with Gasteiger partial charge in [-0.3, -0.25) is 0 Å². The van der Waals surface area contributed by atoms with Crippen LogP contribution in [0.3, 0.4) is 0 Å². The summed E-state index contributed by atoms with van der Waals surface area (Å²) in [6.45, 7) is 2.80. The number of benzene rings is 2. The molecule has 2 aromatic carbocycles. The minimum atomic E-state index is -0.195. The predicted octanol–water partition coefficient (Wildman–Crippen LogP) is 4.29. The zero-order chi connectivity index (χ0) is 13.0. The van der Waals surface area contributed by atoms with Crippen LogP contribution in [0.5, 0.6) is 0 Å². The van der Waals surface area contributed by atoms with Crippen LogP contribution in [0.1, 0.15) is 24.1 Å². The Labute approximate surface area is 115 Å². The van der Waals surface area contributed by atoms with Crippen molar-refractivity contribution in [3.63, 3.8) is 0 Å². The molecule has 3 heteroatoms. The van der Waals surface area contributed by atoms with Crippen molar-refractivity contribution in [2.24, 2.45) is 0 Å². The van der Waals surface area contributed by atoms with Crippen LogP contribution in [0.25, 0.3) is 0 Å². The van der Waals surface area contributed by atoms with Crippen molar-refractivity contribution in [1.82, 2.24) is 5.32 Å². The van der Waals surface area contributed by atoms with Crippen LogP contribution in [0.15, 0.2) is 53.0 Å². The lowest BCUT2D eigenvalue weighted by Gasteiger charge is -2.20. The highest BCUT2D eigenvalue weighted by atomic mass is 79.9. The normalized spacial score (nSPS) is 12.4. The van der Waals surface area contributed by atoms with Gasteiger partial charge in [0.2, 0.25) is 0 Å². The molecule has 0 saturated carbocycles. The van der Waals surface area contributed by atoms with Crippen LogP contribution < -0.4 is 5.32 Å². The molecule has 0 fully saturated rings. The molecule has 0 spiro atoms. The number of hydrogen-bond acceptors (Lipinski definition) is 1. The van der Waals surface area contributed by atoms with Gasteiger partial charge in [0.15, 0.2) is 0 Å². The van der Waals surface area contributed by atoms with Crippen LogP contribution in [0.4, 0.5) is 4.39 Å². The summed E-state index contributed by atoms with van der Waals surface area (Å²) in [6, 6.07) is 14.8. The van der Waals surface area contributed by atoms with Gasteiger partial charge < -0.3 is 5.32 Å². The summed E-state index contributed by atoms with van der Waals surface area (Å²) in [4.78, 5) is 0. The maximum Gasteiger partial charge on any atom is 0.129 e. The second-order valence-corrected chi connectivity index (χ2v) is 4.89. The molecular weight excluding hydrogens is 293 g/mol. The van der Waals surface area contributed by atoms with E-state index >= 15 is 0 Å². The molecule has 1 N–H and O–H groups in total. The molecule has 0 aliphatic heterocycles. The van der Waals surface area contributed by atoms with E-state index in [-0.39, 0.29) is 11.9 Å². The van der Waals surface area contributed by atoms with Crippen molar-refractivity contribution < 1.29 is 4.39 Å². The lowest BCUT2D eigenvalue weighted by Crippen LogP contribution is -2.23. The second-order valence-electron chi connectivity index (χ2n) is 4.04. The minimum Gasteiger partial charge on any atom is -0.306 e. The Morgan fingerprint density at radius 1 is 1.11 bits per heavy atom. The van der Waals surface area contributed by atoms with Gasteiger partial charge in [0.25, 0.3) is 0 Å². The highest BCUT2D eigenvalue weighted by Gasteiger charge is 2.19. The van der Waals surface area contributed by atoms with Gasteiger partial charge in [-0.15, -0.1) is 0 Å². The molecule has 0 heterocycles. The topological polar surface area (TPSA) is 12.0 Å². The molecule has 0 aliphatic carbocycles. The van der Waals surface area contributed by atoms with Crippen molar-refractivity contribution in [1.29, 1.82) is 0 Å². The first-order chi connectivity index (χ1) is 8.74. The van der Waals surface area contributed by atoms with Crippen LogP contribution in [-0.4, -0.2) is 6.54 Å². The summed E-state index contributed by atoms with van der Waals surface area (Å²) in [6.07, 6.45) is 0. The summed E-state index contributed by atoms with van der Waals surface area (Å²) in [5.74, 6) is -0.195. The average molecular weight is 308 g/mol. The lowest BCUT2D eigenvalue weighted by molar-refractivity contribution is 0.556. The van der Waals surface area contributed by atoms with Crippen molar-refractivity contribution in [3.8, 4) is 0 Å². The molecule has 0 bridgehead atoms. The fourth-order valence-electron chi connectivity index (χ4n) is 2.02. The summed E-state index contributed by atoms with van der Waals surface area (Å²) in [5, 5.41) is 3.33. The van der Waals surface area contributed by atoms with Gasteiger partial charge >= 0.3 is 0 Å². The third-order valence-electron chi connectivity index (χ3n) is 2.83. The summed E-state index contributed by atoms with van der Waals surface area (Å²) in [5.41, 5.74) is 1.72. The molecule has 18 heavy (non-hydrogen) atoms. The zero-order valence-corrected chi connectivity index (χ0v) is 11.7. The van der Waals surface area contributed by atoms with E-state index in [1.54, 1.807) is 6.07 Å². The highest BCUT2D eigenvalue weighted by molar-refractivity contribution is 9.10. The number of hydrogen-bond donors (Lipinski definition) is 1. The fraction of sp³-hybridized carbons (Fsp3) is 0.200. The molecular formula is C15H15BrFN. The third-order valence-corrected chi connectivity index (χ3v) is 3.52. The molecule has 0 aliphatic rings. The van der Waals surface area contributed by atoms with E-state index in [4.69, 9.17) is 0 Å². The smallest absolute Gasteiger partial charge is 0.129 e. The Bertz CT molecular complexity index is 493. The lowest BCUT2D eigenvalue weighted by atomic mass is 9.98. The van der Waals surface area contributed by atoms with E-state index in [1.165, 1.54) is 6.07 Å². The maximum atomic E-state index is 14.0. The van der Waals surface area contributed by atoms with E-state index in [0.717, 1.165) is 16.6 Å². The van der Waals surface area contributed by atoms with Gasteiger partial charge in [0, 0.05) is 10.0 Å². The quantitative estimate of drug-likeness (QED) is 0.888.